The highest BCUT2D eigenvalue weighted by Gasteiger charge is 2.21. The third-order valence-corrected chi connectivity index (χ3v) is 2.96. The smallest absolute Gasteiger partial charge is 0.305 e. The molecule has 94 valence electrons. The lowest BCUT2D eigenvalue weighted by Gasteiger charge is -2.05. The number of hydrogen-bond acceptors (Lipinski definition) is 3. The fraction of sp³-hybridized carbons (Fsp3) is 0.167. The number of nitrogens with zero attached hydrogens (tertiary/aromatic N) is 1. The molecule has 0 aliphatic carbocycles. The molecule has 0 radical (unpaired) electrons. The van der Waals surface area contributed by atoms with E-state index >= 15 is 0 Å². The van der Waals surface area contributed by atoms with Crippen molar-refractivity contribution in [1.82, 2.24) is 4.98 Å². The van der Waals surface area contributed by atoms with Crippen LogP contribution in [0.3, 0.4) is 0 Å². The van der Waals surface area contributed by atoms with Crippen molar-refractivity contribution in [3.63, 3.8) is 0 Å². The molecule has 1 N–H and O–H groups in total. The molecule has 0 aliphatic rings. The van der Waals surface area contributed by atoms with Crippen molar-refractivity contribution >= 4 is 29.2 Å². The monoisotopic (exact) mass is 285 g/mol. The van der Waals surface area contributed by atoms with Crippen LogP contribution in [-0.2, 0) is 4.79 Å². The van der Waals surface area contributed by atoms with Gasteiger partial charge in [-0.25, -0.2) is 4.98 Å². The van der Waals surface area contributed by atoms with E-state index in [9.17, 15) is 4.79 Å². The van der Waals surface area contributed by atoms with Crippen LogP contribution in [0.1, 0.15) is 17.6 Å². The van der Waals surface area contributed by atoms with Gasteiger partial charge < -0.3 is 9.52 Å². The zero-order valence-electron chi connectivity index (χ0n) is 9.14. The normalized spacial score (nSPS) is 12.3. The van der Waals surface area contributed by atoms with Gasteiger partial charge in [-0.15, -0.1) is 11.6 Å². The molecule has 1 aromatic heterocycles. The lowest BCUT2D eigenvalue weighted by atomic mass is 10.1. The fourth-order valence-corrected chi connectivity index (χ4v) is 1.96. The molecule has 1 unspecified atom stereocenters. The van der Waals surface area contributed by atoms with Gasteiger partial charge >= 0.3 is 5.97 Å². The van der Waals surface area contributed by atoms with Gasteiger partial charge in [0.1, 0.15) is 11.1 Å². The first-order valence-electron chi connectivity index (χ1n) is 5.13. The maximum Gasteiger partial charge on any atom is 0.305 e. The van der Waals surface area contributed by atoms with E-state index in [4.69, 9.17) is 32.7 Å². The molecule has 1 aromatic carbocycles. The van der Waals surface area contributed by atoms with Gasteiger partial charge in [0.25, 0.3) is 0 Å². The van der Waals surface area contributed by atoms with E-state index in [2.05, 4.69) is 4.98 Å². The molecule has 0 fully saturated rings. The lowest BCUT2D eigenvalue weighted by Crippen LogP contribution is -2.01. The molecular formula is C12H9Cl2NO3. The minimum absolute atomic E-state index is 0.225. The minimum atomic E-state index is -0.992. The number of halogens is 2. The number of aromatic nitrogens is 1. The number of alkyl halides is 1. The van der Waals surface area contributed by atoms with E-state index < -0.39 is 11.3 Å². The Morgan fingerprint density at radius 2 is 2.06 bits per heavy atom. The van der Waals surface area contributed by atoms with Crippen LogP contribution in [0.25, 0.3) is 11.3 Å². The minimum Gasteiger partial charge on any atom is -0.481 e. The highest BCUT2D eigenvalue weighted by molar-refractivity contribution is 6.30. The molecule has 0 spiro atoms. The van der Waals surface area contributed by atoms with E-state index in [1.807, 2.05) is 0 Å². The molecule has 1 atom stereocenters. The Morgan fingerprint density at radius 1 is 1.39 bits per heavy atom. The summed E-state index contributed by atoms with van der Waals surface area (Å²) in [5.74, 6) is -0.644. The summed E-state index contributed by atoms with van der Waals surface area (Å²) in [4.78, 5) is 14.7. The second-order valence-corrected chi connectivity index (χ2v) is 4.60. The molecule has 2 rings (SSSR count). The zero-order chi connectivity index (χ0) is 13.1. The summed E-state index contributed by atoms with van der Waals surface area (Å²) < 4.78 is 5.17. The summed E-state index contributed by atoms with van der Waals surface area (Å²) in [5, 5.41) is 8.57. The molecule has 6 heteroatoms. The van der Waals surface area contributed by atoms with E-state index in [0.717, 1.165) is 5.56 Å². The van der Waals surface area contributed by atoms with Crippen molar-refractivity contribution in [2.45, 2.75) is 11.8 Å². The van der Waals surface area contributed by atoms with Crippen LogP contribution in [0.5, 0.6) is 0 Å². The van der Waals surface area contributed by atoms with Crippen LogP contribution in [0.4, 0.5) is 0 Å². The molecule has 0 saturated carbocycles. The average molecular weight is 286 g/mol. The number of hydrogen-bond donors (Lipinski definition) is 1. The second kappa shape index (κ2) is 5.42. The molecule has 0 aliphatic heterocycles. The number of carbonyl (C=O) groups is 1. The van der Waals surface area contributed by atoms with Gasteiger partial charge in [0.2, 0.25) is 0 Å². The highest BCUT2D eigenvalue weighted by atomic mass is 35.5. The van der Waals surface area contributed by atoms with Gasteiger partial charge in [0, 0.05) is 10.6 Å². The summed E-state index contributed by atoms with van der Waals surface area (Å²) in [5.41, 5.74) is 1.31. The van der Waals surface area contributed by atoms with E-state index in [1.54, 1.807) is 24.3 Å². The summed E-state index contributed by atoms with van der Waals surface area (Å²) in [7, 11) is 0. The second-order valence-electron chi connectivity index (χ2n) is 3.64. The van der Waals surface area contributed by atoms with E-state index in [-0.39, 0.29) is 6.42 Å². The topological polar surface area (TPSA) is 63.3 Å². The molecule has 0 saturated heterocycles. The molecule has 0 bridgehead atoms. The van der Waals surface area contributed by atoms with Crippen LogP contribution in [0.15, 0.2) is 35.1 Å². The Morgan fingerprint density at radius 3 is 2.67 bits per heavy atom. The maximum atomic E-state index is 10.6. The number of carboxylic acid groups (broad SMARTS) is 1. The summed E-state index contributed by atoms with van der Waals surface area (Å²) in [6, 6.07) is 6.98. The van der Waals surface area contributed by atoms with E-state index in [0.29, 0.717) is 16.5 Å². The molecule has 18 heavy (non-hydrogen) atoms. The van der Waals surface area contributed by atoms with Crippen molar-refractivity contribution in [1.29, 1.82) is 0 Å². The summed E-state index contributed by atoms with van der Waals surface area (Å²) in [6.07, 6.45) is 1.02. The van der Waals surface area contributed by atoms with Crippen LogP contribution < -0.4 is 0 Å². The Hall–Kier alpha value is -1.52. The van der Waals surface area contributed by atoms with Crippen LogP contribution in [0, 0.1) is 0 Å². The SMILES string of the molecule is O=C(O)CC(Cl)c1ocnc1-c1ccc(Cl)cc1. The van der Waals surface area contributed by atoms with Gasteiger partial charge in [-0.1, -0.05) is 23.7 Å². The first-order valence-corrected chi connectivity index (χ1v) is 5.94. The first-order chi connectivity index (χ1) is 8.58. The van der Waals surface area contributed by atoms with Gasteiger partial charge in [0.15, 0.2) is 12.2 Å². The van der Waals surface area contributed by atoms with Crippen LogP contribution in [0.2, 0.25) is 5.02 Å². The van der Waals surface area contributed by atoms with Crippen molar-refractivity contribution in [3.8, 4) is 11.3 Å². The average Bonchev–Trinajstić information content (AvgIpc) is 2.78. The molecule has 4 nitrogen and oxygen atoms in total. The first kappa shape index (κ1) is 12.9. The van der Waals surface area contributed by atoms with Crippen molar-refractivity contribution in [2.75, 3.05) is 0 Å². The number of aliphatic carboxylic acids is 1. The summed E-state index contributed by atoms with van der Waals surface area (Å²) >= 11 is 11.8. The predicted molar refractivity (Wildman–Crippen MR) is 67.8 cm³/mol. The maximum absolute atomic E-state index is 10.6. The number of carboxylic acids is 1. The van der Waals surface area contributed by atoms with Gasteiger partial charge in [-0.2, -0.15) is 0 Å². The molecular weight excluding hydrogens is 277 g/mol. The van der Waals surface area contributed by atoms with Gasteiger partial charge in [0.05, 0.1) is 6.42 Å². The van der Waals surface area contributed by atoms with Gasteiger partial charge in [-0.3, -0.25) is 4.79 Å². The van der Waals surface area contributed by atoms with Gasteiger partial charge in [-0.05, 0) is 12.1 Å². The zero-order valence-corrected chi connectivity index (χ0v) is 10.6. The van der Waals surface area contributed by atoms with Crippen LogP contribution in [-0.4, -0.2) is 16.1 Å². The Bertz CT molecular complexity index is 551. The number of benzene rings is 1. The van der Waals surface area contributed by atoms with Crippen LogP contribution >= 0.6 is 23.2 Å². The van der Waals surface area contributed by atoms with Crippen molar-refractivity contribution < 1.29 is 14.3 Å². The predicted octanol–water partition coefficient (Wildman–Crippen LogP) is 3.75. The Kier molecular flexibility index (Phi) is 3.89. The Balaban J connectivity index is 2.32. The lowest BCUT2D eigenvalue weighted by molar-refractivity contribution is -0.137. The van der Waals surface area contributed by atoms with Crippen molar-refractivity contribution in [3.05, 3.63) is 41.4 Å². The summed E-state index contributed by atoms with van der Waals surface area (Å²) in [6.45, 7) is 0. The molecule has 2 aromatic rings. The number of oxazole rings is 1. The largest absolute Gasteiger partial charge is 0.481 e. The van der Waals surface area contributed by atoms with Crippen molar-refractivity contribution in [2.24, 2.45) is 0 Å². The number of rotatable bonds is 4. The highest BCUT2D eigenvalue weighted by Crippen LogP contribution is 2.33. The molecule has 0 amide bonds. The van der Waals surface area contributed by atoms with E-state index in [1.165, 1.54) is 6.39 Å². The Labute approximate surface area is 113 Å². The third kappa shape index (κ3) is 2.83. The third-order valence-electron chi connectivity index (χ3n) is 2.35. The molecule has 1 heterocycles. The fourth-order valence-electron chi connectivity index (χ4n) is 1.55. The standard InChI is InChI=1S/C12H9Cl2NO3/c13-8-3-1-7(2-4-8)11-12(18-6-15-11)9(14)5-10(16)17/h1-4,6,9H,5H2,(H,16,17). The quantitative estimate of drug-likeness (QED) is 0.869.